The number of hydrogen-bond acceptors (Lipinski definition) is 4. The first-order chi connectivity index (χ1) is 12.6. The van der Waals surface area contributed by atoms with Crippen LogP contribution in [0.5, 0.6) is 5.75 Å². The van der Waals surface area contributed by atoms with Gasteiger partial charge in [0.2, 0.25) is 0 Å². The maximum absolute atomic E-state index is 12.7. The zero-order valence-corrected chi connectivity index (χ0v) is 15.0. The molecule has 6 nitrogen and oxygen atoms in total. The Morgan fingerprint density at radius 3 is 2.85 bits per heavy atom. The first-order valence-electron chi connectivity index (χ1n) is 9.00. The van der Waals surface area contributed by atoms with Gasteiger partial charge in [0.1, 0.15) is 11.3 Å². The number of benzene rings is 1. The Balaban J connectivity index is 1.55. The lowest BCUT2D eigenvalue weighted by atomic mass is 10.2. The molecule has 0 spiro atoms. The predicted molar refractivity (Wildman–Crippen MR) is 99.7 cm³/mol. The van der Waals surface area contributed by atoms with Gasteiger partial charge in [0.25, 0.3) is 5.91 Å². The van der Waals surface area contributed by atoms with Crippen LogP contribution in [0.1, 0.15) is 47.4 Å². The fourth-order valence-corrected chi connectivity index (χ4v) is 3.47. The largest absolute Gasteiger partial charge is 0.490 e. The number of nitrogens with zero attached hydrogens (tertiary/aromatic N) is 3. The van der Waals surface area contributed by atoms with E-state index in [0.717, 1.165) is 30.0 Å². The maximum Gasteiger partial charge on any atom is 0.261 e. The number of ether oxygens (including phenoxy) is 1. The summed E-state index contributed by atoms with van der Waals surface area (Å²) < 4.78 is 7.69. The zero-order valence-electron chi connectivity index (χ0n) is 15.0. The summed E-state index contributed by atoms with van der Waals surface area (Å²) in [5.41, 5.74) is 3.53. The number of rotatable bonds is 4. The summed E-state index contributed by atoms with van der Waals surface area (Å²) >= 11 is 0. The summed E-state index contributed by atoms with van der Waals surface area (Å²) in [4.78, 5) is 17.2. The SMILES string of the molecule is Cc1cc(C)n2ncc(C(=O)Nc3cccc(OC4CCCC4)c3)c2n1. The van der Waals surface area contributed by atoms with Crippen LogP contribution in [0.3, 0.4) is 0 Å². The lowest BCUT2D eigenvalue weighted by Crippen LogP contribution is -2.13. The van der Waals surface area contributed by atoms with Crippen LogP contribution in [-0.2, 0) is 0 Å². The van der Waals surface area contributed by atoms with Gasteiger partial charge in [0.05, 0.1) is 12.3 Å². The van der Waals surface area contributed by atoms with Crippen molar-refractivity contribution >= 4 is 17.2 Å². The van der Waals surface area contributed by atoms with Crippen molar-refractivity contribution in [2.45, 2.75) is 45.6 Å². The molecule has 0 saturated heterocycles. The summed E-state index contributed by atoms with van der Waals surface area (Å²) in [5, 5.41) is 7.21. The molecule has 1 aromatic carbocycles. The van der Waals surface area contributed by atoms with E-state index in [-0.39, 0.29) is 12.0 Å². The third-order valence-corrected chi connectivity index (χ3v) is 4.72. The van der Waals surface area contributed by atoms with Gasteiger partial charge in [0.15, 0.2) is 5.65 Å². The molecule has 3 aromatic rings. The molecule has 6 heteroatoms. The molecule has 1 amide bonds. The second-order valence-electron chi connectivity index (χ2n) is 6.84. The second kappa shape index (κ2) is 6.78. The highest BCUT2D eigenvalue weighted by atomic mass is 16.5. The van der Waals surface area contributed by atoms with Gasteiger partial charge in [-0.25, -0.2) is 9.50 Å². The van der Waals surface area contributed by atoms with Crippen LogP contribution in [0.4, 0.5) is 5.69 Å². The van der Waals surface area contributed by atoms with Crippen LogP contribution in [0.2, 0.25) is 0 Å². The number of carbonyl (C=O) groups excluding carboxylic acids is 1. The minimum atomic E-state index is -0.226. The van der Waals surface area contributed by atoms with Gasteiger partial charge in [-0.05, 0) is 57.7 Å². The highest BCUT2D eigenvalue weighted by molar-refractivity contribution is 6.08. The van der Waals surface area contributed by atoms with Crippen LogP contribution in [0.25, 0.3) is 5.65 Å². The van der Waals surface area contributed by atoms with Crippen LogP contribution in [0.15, 0.2) is 36.5 Å². The van der Waals surface area contributed by atoms with E-state index >= 15 is 0 Å². The highest BCUT2D eigenvalue weighted by Gasteiger charge is 2.18. The fourth-order valence-electron chi connectivity index (χ4n) is 3.47. The molecule has 134 valence electrons. The molecule has 0 atom stereocenters. The number of carbonyl (C=O) groups is 1. The number of nitrogens with one attached hydrogen (secondary N) is 1. The number of aryl methyl sites for hydroxylation is 2. The maximum atomic E-state index is 12.7. The Kier molecular flexibility index (Phi) is 4.32. The standard InChI is InChI=1S/C20H22N4O2/c1-13-10-14(2)24-19(22-13)18(12-21-24)20(25)23-15-6-5-9-17(11-15)26-16-7-3-4-8-16/h5-6,9-12,16H,3-4,7-8H2,1-2H3,(H,23,25). The lowest BCUT2D eigenvalue weighted by Gasteiger charge is -2.14. The van der Waals surface area contributed by atoms with Gasteiger partial charge in [-0.15, -0.1) is 0 Å². The van der Waals surface area contributed by atoms with Gasteiger partial charge < -0.3 is 10.1 Å². The smallest absolute Gasteiger partial charge is 0.261 e. The van der Waals surface area contributed by atoms with Gasteiger partial charge in [0, 0.05) is 23.1 Å². The van der Waals surface area contributed by atoms with Crippen molar-refractivity contribution in [2.24, 2.45) is 0 Å². The Labute approximate surface area is 152 Å². The van der Waals surface area contributed by atoms with Crippen molar-refractivity contribution in [3.63, 3.8) is 0 Å². The summed E-state index contributed by atoms with van der Waals surface area (Å²) in [6.07, 6.45) is 6.50. The molecule has 2 heterocycles. The minimum absolute atomic E-state index is 0.226. The molecule has 0 unspecified atom stereocenters. The summed E-state index contributed by atoms with van der Waals surface area (Å²) in [6.45, 7) is 3.85. The molecule has 0 bridgehead atoms. The first-order valence-corrected chi connectivity index (χ1v) is 9.00. The van der Waals surface area contributed by atoms with Crippen molar-refractivity contribution in [2.75, 3.05) is 5.32 Å². The van der Waals surface area contributed by atoms with E-state index < -0.39 is 0 Å². The van der Waals surface area contributed by atoms with Crippen LogP contribution >= 0.6 is 0 Å². The normalized spacial score (nSPS) is 14.7. The van der Waals surface area contributed by atoms with Crippen molar-refractivity contribution < 1.29 is 9.53 Å². The number of fused-ring (bicyclic) bond motifs is 1. The predicted octanol–water partition coefficient (Wildman–Crippen LogP) is 3.92. The van der Waals surface area contributed by atoms with Gasteiger partial charge in [-0.1, -0.05) is 6.07 Å². The van der Waals surface area contributed by atoms with E-state index in [2.05, 4.69) is 15.4 Å². The monoisotopic (exact) mass is 350 g/mol. The molecule has 1 N–H and O–H groups in total. The number of amides is 1. The Morgan fingerprint density at radius 1 is 1.23 bits per heavy atom. The van der Waals surface area contributed by atoms with Gasteiger partial charge in [-0.2, -0.15) is 5.10 Å². The van der Waals surface area contributed by atoms with Crippen LogP contribution in [0, 0.1) is 13.8 Å². The van der Waals surface area contributed by atoms with E-state index in [1.807, 2.05) is 44.2 Å². The average Bonchev–Trinajstić information content (AvgIpc) is 3.24. The van der Waals surface area contributed by atoms with E-state index in [1.54, 1.807) is 10.7 Å². The lowest BCUT2D eigenvalue weighted by molar-refractivity contribution is 0.102. The zero-order chi connectivity index (χ0) is 18.1. The van der Waals surface area contributed by atoms with E-state index in [9.17, 15) is 4.79 Å². The summed E-state index contributed by atoms with van der Waals surface area (Å²) in [7, 11) is 0. The molecule has 2 aromatic heterocycles. The minimum Gasteiger partial charge on any atom is -0.490 e. The topological polar surface area (TPSA) is 68.5 Å². The van der Waals surface area contributed by atoms with E-state index in [4.69, 9.17) is 4.74 Å². The Morgan fingerprint density at radius 2 is 2.04 bits per heavy atom. The molecule has 0 radical (unpaired) electrons. The first kappa shape index (κ1) is 16.6. The van der Waals surface area contributed by atoms with Crippen LogP contribution < -0.4 is 10.1 Å². The third-order valence-electron chi connectivity index (χ3n) is 4.72. The second-order valence-corrected chi connectivity index (χ2v) is 6.84. The number of hydrogen-bond donors (Lipinski definition) is 1. The van der Waals surface area contributed by atoms with Crippen molar-refractivity contribution in [3.8, 4) is 5.75 Å². The highest BCUT2D eigenvalue weighted by Crippen LogP contribution is 2.26. The van der Waals surface area contributed by atoms with Gasteiger partial charge in [-0.3, -0.25) is 4.79 Å². The Hall–Kier alpha value is -2.89. The van der Waals surface area contributed by atoms with Crippen molar-refractivity contribution in [1.29, 1.82) is 0 Å². The fraction of sp³-hybridized carbons (Fsp3) is 0.350. The van der Waals surface area contributed by atoms with Crippen molar-refractivity contribution in [3.05, 3.63) is 53.5 Å². The molecule has 1 saturated carbocycles. The van der Waals surface area contributed by atoms with Crippen molar-refractivity contribution in [1.82, 2.24) is 14.6 Å². The molecule has 0 aliphatic heterocycles. The molecular formula is C20H22N4O2. The van der Waals surface area contributed by atoms with Gasteiger partial charge >= 0.3 is 0 Å². The summed E-state index contributed by atoms with van der Waals surface area (Å²) in [5.74, 6) is 0.565. The van der Waals surface area contributed by atoms with E-state index in [1.165, 1.54) is 12.8 Å². The molecule has 4 rings (SSSR count). The third kappa shape index (κ3) is 3.27. The van der Waals surface area contributed by atoms with E-state index in [0.29, 0.717) is 16.9 Å². The number of aromatic nitrogens is 3. The number of anilines is 1. The molecular weight excluding hydrogens is 328 g/mol. The molecule has 26 heavy (non-hydrogen) atoms. The van der Waals surface area contributed by atoms with Crippen LogP contribution in [-0.4, -0.2) is 26.6 Å². The molecule has 1 aliphatic carbocycles. The summed E-state index contributed by atoms with van der Waals surface area (Å²) in [6, 6.07) is 9.48. The Bertz CT molecular complexity index is 958. The molecule has 1 aliphatic rings. The quantitative estimate of drug-likeness (QED) is 0.774. The molecule has 1 fully saturated rings. The average molecular weight is 350 g/mol.